The van der Waals surface area contributed by atoms with Crippen molar-refractivity contribution in [3.63, 3.8) is 0 Å². The predicted molar refractivity (Wildman–Crippen MR) is 62.0 cm³/mol. The standard InChI is InChI=1S/C12H22N2O/c13-8-4-7-11-9-14-12(15-11)10-5-2-1-3-6-10/h10-11H,1-9,13H2. The van der Waals surface area contributed by atoms with E-state index < -0.39 is 0 Å². The molecule has 0 spiro atoms. The maximum absolute atomic E-state index is 5.90. The van der Waals surface area contributed by atoms with Crippen LogP contribution < -0.4 is 5.73 Å². The lowest BCUT2D eigenvalue weighted by Gasteiger charge is -2.22. The molecule has 1 fully saturated rings. The molecule has 0 bridgehead atoms. The van der Waals surface area contributed by atoms with E-state index in [0.29, 0.717) is 12.0 Å². The molecular weight excluding hydrogens is 188 g/mol. The molecule has 1 heterocycles. The fourth-order valence-corrected chi connectivity index (χ4v) is 2.51. The maximum atomic E-state index is 5.90. The van der Waals surface area contributed by atoms with Crippen LogP contribution in [0.4, 0.5) is 0 Å². The van der Waals surface area contributed by atoms with Gasteiger partial charge in [-0.05, 0) is 32.2 Å². The molecule has 2 aliphatic rings. The zero-order valence-corrected chi connectivity index (χ0v) is 9.45. The van der Waals surface area contributed by atoms with Gasteiger partial charge in [-0.1, -0.05) is 19.3 Å². The third kappa shape index (κ3) is 2.94. The molecule has 1 atom stereocenters. The van der Waals surface area contributed by atoms with E-state index >= 15 is 0 Å². The van der Waals surface area contributed by atoms with E-state index in [4.69, 9.17) is 10.5 Å². The quantitative estimate of drug-likeness (QED) is 0.772. The normalized spacial score (nSPS) is 27.5. The van der Waals surface area contributed by atoms with Crippen LogP contribution in [0.5, 0.6) is 0 Å². The van der Waals surface area contributed by atoms with Crippen LogP contribution in [0.1, 0.15) is 44.9 Å². The first-order chi connectivity index (χ1) is 7.40. The van der Waals surface area contributed by atoms with Crippen molar-refractivity contribution < 1.29 is 4.74 Å². The van der Waals surface area contributed by atoms with Crippen molar-refractivity contribution >= 4 is 5.90 Å². The van der Waals surface area contributed by atoms with Gasteiger partial charge in [0.25, 0.3) is 0 Å². The van der Waals surface area contributed by atoms with Crippen molar-refractivity contribution in [1.82, 2.24) is 0 Å². The van der Waals surface area contributed by atoms with E-state index in [1.165, 1.54) is 32.1 Å². The number of ether oxygens (including phenoxy) is 1. The van der Waals surface area contributed by atoms with E-state index in [-0.39, 0.29) is 0 Å². The van der Waals surface area contributed by atoms with E-state index in [2.05, 4.69) is 4.99 Å². The van der Waals surface area contributed by atoms with Crippen LogP contribution in [0, 0.1) is 5.92 Å². The number of nitrogens with two attached hydrogens (primary N) is 1. The summed E-state index contributed by atoms with van der Waals surface area (Å²) in [6, 6.07) is 0. The van der Waals surface area contributed by atoms with Gasteiger partial charge in [-0.2, -0.15) is 0 Å². The summed E-state index contributed by atoms with van der Waals surface area (Å²) in [4.78, 5) is 4.55. The number of aliphatic imine (C=N–C) groups is 1. The van der Waals surface area contributed by atoms with Crippen molar-refractivity contribution in [2.75, 3.05) is 13.1 Å². The number of rotatable bonds is 4. The van der Waals surface area contributed by atoms with E-state index in [1.807, 2.05) is 0 Å². The van der Waals surface area contributed by atoms with Gasteiger partial charge in [-0.3, -0.25) is 4.99 Å². The summed E-state index contributed by atoms with van der Waals surface area (Å²) >= 11 is 0. The van der Waals surface area contributed by atoms with Gasteiger partial charge in [0.1, 0.15) is 6.10 Å². The maximum Gasteiger partial charge on any atom is 0.186 e. The summed E-state index contributed by atoms with van der Waals surface area (Å²) in [7, 11) is 0. The van der Waals surface area contributed by atoms with Crippen molar-refractivity contribution in [2.45, 2.75) is 51.0 Å². The van der Waals surface area contributed by atoms with E-state index in [1.54, 1.807) is 0 Å². The van der Waals surface area contributed by atoms with E-state index in [9.17, 15) is 0 Å². The van der Waals surface area contributed by atoms with Gasteiger partial charge in [-0.15, -0.1) is 0 Å². The number of hydrogen-bond acceptors (Lipinski definition) is 3. The third-order valence-corrected chi connectivity index (χ3v) is 3.42. The highest BCUT2D eigenvalue weighted by Crippen LogP contribution is 2.28. The monoisotopic (exact) mass is 210 g/mol. The minimum Gasteiger partial charge on any atom is -0.476 e. The Bertz CT molecular complexity index is 222. The first-order valence-corrected chi connectivity index (χ1v) is 6.31. The van der Waals surface area contributed by atoms with Crippen LogP contribution in [-0.4, -0.2) is 25.1 Å². The van der Waals surface area contributed by atoms with Gasteiger partial charge < -0.3 is 10.5 Å². The molecule has 0 aromatic carbocycles. The molecule has 0 saturated heterocycles. The molecule has 2 N–H and O–H groups in total. The van der Waals surface area contributed by atoms with Crippen molar-refractivity contribution in [3.8, 4) is 0 Å². The van der Waals surface area contributed by atoms with Crippen LogP contribution >= 0.6 is 0 Å². The molecule has 1 aliphatic carbocycles. The molecule has 0 aromatic rings. The highest BCUT2D eigenvalue weighted by atomic mass is 16.5. The van der Waals surface area contributed by atoms with Gasteiger partial charge >= 0.3 is 0 Å². The molecule has 0 aromatic heterocycles. The largest absolute Gasteiger partial charge is 0.476 e. The average Bonchev–Trinajstić information content (AvgIpc) is 2.76. The average molecular weight is 210 g/mol. The summed E-state index contributed by atoms with van der Waals surface area (Å²) in [5.74, 6) is 1.68. The van der Waals surface area contributed by atoms with Crippen LogP contribution in [-0.2, 0) is 4.74 Å². The SMILES string of the molecule is NCCCC1CN=C(C2CCCCC2)O1. The Morgan fingerprint density at radius 1 is 1.27 bits per heavy atom. The molecular formula is C12H22N2O. The Kier molecular flexibility index (Phi) is 4.01. The zero-order valence-electron chi connectivity index (χ0n) is 9.45. The molecule has 3 heteroatoms. The van der Waals surface area contributed by atoms with Crippen LogP contribution in [0.15, 0.2) is 4.99 Å². The smallest absolute Gasteiger partial charge is 0.186 e. The summed E-state index contributed by atoms with van der Waals surface area (Å²) in [6.07, 6.45) is 9.09. The summed E-state index contributed by atoms with van der Waals surface area (Å²) in [6.45, 7) is 1.63. The first kappa shape index (κ1) is 10.9. The van der Waals surface area contributed by atoms with Gasteiger partial charge in [-0.25, -0.2) is 0 Å². The zero-order chi connectivity index (χ0) is 10.5. The molecule has 15 heavy (non-hydrogen) atoms. The minimum absolute atomic E-state index is 0.325. The lowest BCUT2D eigenvalue weighted by molar-refractivity contribution is 0.191. The second kappa shape index (κ2) is 5.50. The first-order valence-electron chi connectivity index (χ1n) is 6.31. The fourth-order valence-electron chi connectivity index (χ4n) is 2.51. The van der Waals surface area contributed by atoms with Gasteiger partial charge in [0, 0.05) is 5.92 Å². The molecule has 0 amide bonds. The molecule has 0 radical (unpaired) electrons. The number of nitrogens with zero attached hydrogens (tertiary/aromatic N) is 1. The highest BCUT2D eigenvalue weighted by Gasteiger charge is 2.27. The number of hydrogen-bond donors (Lipinski definition) is 1. The van der Waals surface area contributed by atoms with Crippen molar-refractivity contribution in [2.24, 2.45) is 16.6 Å². The van der Waals surface area contributed by atoms with Gasteiger partial charge in [0.15, 0.2) is 5.90 Å². The second-order valence-corrected chi connectivity index (χ2v) is 4.68. The summed E-state index contributed by atoms with van der Waals surface area (Å²) in [5.41, 5.74) is 5.49. The van der Waals surface area contributed by atoms with Crippen molar-refractivity contribution in [3.05, 3.63) is 0 Å². The topological polar surface area (TPSA) is 47.6 Å². The molecule has 1 unspecified atom stereocenters. The van der Waals surface area contributed by atoms with Crippen LogP contribution in [0.3, 0.4) is 0 Å². The molecule has 86 valence electrons. The van der Waals surface area contributed by atoms with Gasteiger partial charge in [0.2, 0.25) is 0 Å². The molecule has 2 rings (SSSR count). The van der Waals surface area contributed by atoms with Gasteiger partial charge in [0.05, 0.1) is 6.54 Å². The lowest BCUT2D eigenvalue weighted by atomic mass is 9.89. The molecule has 1 aliphatic heterocycles. The van der Waals surface area contributed by atoms with E-state index in [0.717, 1.165) is 31.8 Å². The Labute approximate surface area is 92.1 Å². The molecule has 3 nitrogen and oxygen atoms in total. The highest BCUT2D eigenvalue weighted by molar-refractivity contribution is 5.80. The Morgan fingerprint density at radius 2 is 2.07 bits per heavy atom. The lowest BCUT2D eigenvalue weighted by Crippen LogP contribution is -2.21. The second-order valence-electron chi connectivity index (χ2n) is 4.68. The molecule has 1 saturated carbocycles. The van der Waals surface area contributed by atoms with Crippen LogP contribution in [0.25, 0.3) is 0 Å². The summed E-state index contributed by atoms with van der Waals surface area (Å²) < 4.78 is 5.90. The fraction of sp³-hybridized carbons (Fsp3) is 0.917. The predicted octanol–water partition coefficient (Wildman–Crippen LogP) is 2.10. The Morgan fingerprint density at radius 3 is 2.80 bits per heavy atom. The Balaban J connectivity index is 1.75. The Hall–Kier alpha value is -0.570. The minimum atomic E-state index is 0.325. The van der Waals surface area contributed by atoms with Crippen LogP contribution in [0.2, 0.25) is 0 Å². The third-order valence-electron chi connectivity index (χ3n) is 3.42. The van der Waals surface area contributed by atoms with Crippen molar-refractivity contribution in [1.29, 1.82) is 0 Å². The summed E-state index contributed by atoms with van der Waals surface area (Å²) in [5, 5.41) is 0.